The molecule has 0 radical (unpaired) electrons. The van der Waals surface area contributed by atoms with Crippen LogP contribution in [0.4, 0.5) is 0 Å². The van der Waals surface area contributed by atoms with Crippen LogP contribution in [0.5, 0.6) is 0 Å². The zero-order chi connectivity index (χ0) is 15.4. The largest absolute Gasteiger partial charge is 0.480 e. The van der Waals surface area contributed by atoms with Crippen molar-refractivity contribution in [2.75, 3.05) is 0 Å². The summed E-state index contributed by atoms with van der Waals surface area (Å²) in [5, 5.41) is 18.6. The normalized spacial score (nSPS) is 17.7. The van der Waals surface area contributed by atoms with E-state index < -0.39 is 17.9 Å². The Morgan fingerprint density at radius 1 is 1.33 bits per heavy atom. The average Bonchev–Trinajstić information content (AvgIpc) is 2.94. The Balaban J connectivity index is 2.02. The van der Waals surface area contributed by atoms with Crippen LogP contribution in [0.1, 0.15) is 68.1 Å². The molecular weight excluding hydrogens is 270 g/mol. The van der Waals surface area contributed by atoms with Gasteiger partial charge in [-0.1, -0.05) is 33.1 Å². The number of aromatic nitrogens is 2. The van der Waals surface area contributed by atoms with E-state index in [-0.39, 0.29) is 11.6 Å². The van der Waals surface area contributed by atoms with Crippen LogP contribution in [0.2, 0.25) is 0 Å². The van der Waals surface area contributed by atoms with E-state index in [0.29, 0.717) is 5.92 Å². The highest BCUT2D eigenvalue weighted by molar-refractivity contribution is 5.95. The Bertz CT molecular complexity index is 504. The summed E-state index contributed by atoms with van der Waals surface area (Å²) in [7, 11) is 0. The molecule has 6 heteroatoms. The van der Waals surface area contributed by atoms with Crippen molar-refractivity contribution >= 4 is 11.9 Å². The van der Waals surface area contributed by atoms with Crippen molar-refractivity contribution in [2.45, 2.75) is 57.9 Å². The van der Waals surface area contributed by atoms with E-state index in [4.69, 9.17) is 5.11 Å². The van der Waals surface area contributed by atoms with Gasteiger partial charge in [-0.3, -0.25) is 9.89 Å². The molecule has 1 aromatic heterocycles. The zero-order valence-electron chi connectivity index (χ0n) is 12.6. The zero-order valence-corrected chi connectivity index (χ0v) is 12.6. The van der Waals surface area contributed by atoms with Crippen LogP contribution in [0.15, 0.2) is 6.07 Å². The van der Waals surface area contributed by atoms with Crippen LogP contribution in [0.3, 0.4) is 0 Å². The minimum absolute atomic E-state index is 0.178. The number of carboxylic acid groups (broad SMARTS) is 1. The van der Waals surface area contributed by atoms with Crippen molar-refractivity contribution in [1.82, 2.24) is 15.5 Å². The maximum Gasteiger partial charge on any atom is 0.326 e. The fourth-order valence-electron chi connectivity index (χ4n) is 2.80. The first kappa shape index (κ1) is 15.5. The number of carbonyl (C=O) groups is 2. The van der Waals surface area contributed by atoms with Crippen LogP contribution < -0.4 is 5.32 Å². The van der Waals surface area contributed by atoms with Gasteiger partial charge in [-0.2, -0.15) is 5.10 Å². The molecular formula is C15H23N3O3. The van der Waals surface area contributed by atoms with Crippen LogP contribution in [0, 0.1) is 5.92 Å². The summed E-state index contributed by atoms with van der Waals surface area (Å²) >= 11 is 0. The van der Waals surface area contributed by atoms with Gasteiger partial charge in [0.1, 0.15) is 11.7 Å². The third kappa shape index (κ3) is 3.83. The van der Waals surface area contributed by atoms with Crippen LogP contribution >= 0.6 is 0 Å². The number of hydrogen-bond acceptors (Lipinski definition) is 3. The molecule has 0 aromatic carbocycles. The molecule has 1 aromatic rings. The van der Waals surface area contributed by atoms with Gasteiger partial charge >= 0.3 is 5.97 Å². The first-order valence-electron chi connectivity index (χ1n) is 7.58. The molecule has 0 spiro atoms. The SMILES string of the molecule is CC(C)[C@@H](NC(=O)c1cc(C2CCCCC2)[nH]n1)C(=O)O. The summed E-state index contributed by atoms with van der Waals surface area (Å²) in [5.74, 6) is -1.20. The number of H-pyrrole nitrogens is 1. The van der Waals surface area contributed by atoms with Gasteiger partial charge in [0.05, 0.1) is 0 Å². The van der Waals surface area contributed by atoms with Crippen molar-refractivity contribution in [3.05, 3.63) is 17.5 Å². The van der Waals surface area contributed by atoms with E-state index in [1.807, 2.05) is 0 Å². The van der Waals surface area contributed by atoms with E-state index in [1.165, 1.54) is 19.3 Å². The van der Waals surface area contributed by atoms with Crippen molar-refractivity contribution in [3.8, 4) is 0 Å². The molecule has 2 rings (SSSR count). The predicted molar refractivity (Wildman–Crippen MR) is 78.1 cm³/mol. The molecule has 0 saturated heterocycles. The first-order valence-corrected chi connectivity index (χ1v) is 7.58. The standard InChI is InChI=1S/C15H23N3O3/c1-9(2)13(15(20)21)16-14(19)12-8-11(17-18-12)10-6-4-3-5-7-10/h8-10,13H,3-7H2,1-2H3,(H,16,19)(H,17,18)(H,20,21)/t13-/m1/s1. The number of amides is 1. The van der Waals surface area contributed by atoms with Crippen molar-refractivity contribution in [3.63, 3.8) is 0 Å². The molecule has 3 N–H and O–H groups in total. The third-order valence-corrected chi connectivity index (χ3v) is 4.09. The van der Waals surface area contributed by atoms with E-state index in [2.05, 4.69) is 15.5 Å². The number of aliphatic carboxylic acids is 1. The Kier molecular flexibility index (Phi) is 4.98. The minimum atomic E-state index is -1.03. The second-order valence-electron chi connectivity index (χ2n) is 6.08. The Morgan fingerprint density at radius 2 is 2.00 bits per heavy atom. The minimum Gasteiger partial charge on any atom is -0.480 e. The highest BCUT2D eigenvalue weighted by Gasteiger charge is 2.26. The third-order valence-electron chi connectivity index (χ3n) is 4.09. The number of aromatic amines is 1. The molecule has 0 unspecified atom stereocenters. The lowest BCUT2D eigenvalue weighted by Crippen LogP contribution is -2.44. The van der Waals surface area contributed by atoms with E-state index in [9.17, 15) is 9.59 Å². The molecule has 1 aliphatic carbocycles. The number of hydrogen-bond donors (Lipinski definition) is 3. The summed E-state index contributed by atoms with van der Waals surface area (Å²) < 4.78 is 0. The molecule has 1 aliphatic rings. The van der Waals surface area contributed by atoms with E-state index in [1.54, 1.807) is 19.9 Å². The smallest absolute Gasteiger partial charge is 0.326 e. The summed E-state index contributed by atoms with van der Waals surface area (Å²) in [6, 6.07) is 0.859. The quantitative estimate of drug-likeness (QED) is 0.776. The fraction of sp³-hybridized carbons (Fsp3) is 0.667. The Labute approximate surface area is 124 Å². The first-order chi connectivity index (χ1) is 9.99. The van der Waals surface area contributed by atoms with Crippen LogP contribution in [-0.2, 0) is 4.79 Å². The maximum absolute atomic E-state index is 12.1. The molecule has 116 valence electrons. The molecule has 6 nitrogen and oxygen atoms in total. The van der Waals surface area contributed by atoms with E-state index in [0.717, 1.165) is 18.5 Å². The molecule has 1 heterocycles. The second-order valence-corrected chi connectivity index (χ2v) is 6.08. The predicted octanol–water partition coefficient (Wildman–Crippen LogP) is 2.30. The van der Waals surface area contributed by atoms with Gasteiger partial charge in [0.25, 0.3) is 5.91 Å². The van der Waals surface area contributed by atoms with Crippen LogP contribution in [-0.4, -0.2) is 33.2 Å². The number of nitrogens with zero attached hydrogens (tertiary/aromatic N) is 1. The van der Waals surface area contributed by atoms with Gasteiger partial charge in [0.2, 0.25) is 0 Å². The van der Waals surface area contributed by atoms with Gasteiger partial charge in [0, 0.05) is 11.6 Å². The second kappa shape index (κ2) is 6.74. The lowest BCUT2D eigenvalue weighted by Gasteiger charge is -2.19. The lowest BCUT2D eigenvalue weighted by atomic mass is 9.87. The number of nitrogens with one attached hydrogen (secondary N) is 2. The Morgan fingerprint density at radius 3 is 2.57 bits per heavy atom. The van der Waals surface area contributed by atoms with Gasteiger partial charge in [-0.15, -0.1) is 0 Å². The van der Waals surface area contributed by atoms with Crippen LogP contribution in [0.25, 0.3) is 0 Å². The fourth-order valence-corrected chi connectivity index (χ4v) is 2.80. The molecule has 1 fully saturated rings. The van der Waals surface area contributed by atoms with Gasteiger partial charge < -0.3 is 10.4 Å². The topological polar surface area (TPSA) is 95.1 Å². The van der Waals surface area contributed by atoms with Crippen molar-refractivity contribution < 1.29 is 14.7 Å². The molecule has 1 atom stereocenters. The van der Waals surface area contributed by atoms with E-state index >= 15 is 0 Å². The lowest BCUT2D eigenvalue weighted by molar-refractivity contribution is -0.140. The summed E-state index contributed by atoms with van der Waals surface area (Å²) in [6.07, 6.45) is 5.92. The van der Waals surface area contributed by atoms with Crippen molar-refractivity contribution in [2.24, 2.45) is 5.92 Å². The summed E-state index contributed by atoms with van der Waals surface area (Å²) in [5.41, 5.74) is 1.25. The van der Waals surface area contributed by atoms with Crippen molar-refractivity contribution in [1.29, 1.82) is 0 Å². The molecule has 0 bridgehead atoms. The monoisotopic (exact) mass is 293 g/mol. The van der Waals surface area contributed by atoms with Gasteiger partial charge in [-0.25, -0.2) is 4.79 Å². The maximum atomic E-state index is 12.1. The number of carbonyl (C=O) groups excluding carboxylic acids is 1. The molecule has 0 aliphatic heterocycles. The molecule has 1 amide bonds. The molecule has 21 heavy (non-hydrogen) atoms. The average molecular weight is 293 g/mol. The molecule has 1 saturated carbocycles. The van der Waals surface area contributed by atoms with Gasteiger partial charge in [0.15, 0.2) is 0 Å². The highest BCUT2D eigenvalue weighted by atomic mass is 16.4. The highest BCUT2D eigenvalue weighted by Crippen LogP contribution is 2.31. The summed E-state index contributed by atoms with van der Waals surface area (Å²) in [4.78, 5) is 23.2. The number of carboxylic acids is 1. The number of rotatable bonds is 5. The van der Waals surface area contributed by atoms with Gasteiger partial charge in [-0.05, 0) is 24.8 Å². The Hall–Kier alpha value is -1.85. The summed E-state index contributed by atoms with van der Waals surface area (Å²) in [6.45, 7) is 3.52.